The first-order chi connectivity index (χ1) is 8.69. The molecule has 1 aromatic rings. The molecular weight excluding hydrogens is 226 g/mol. The molecule has 0 saturated carbocycles. The highest BCUT2D eigenvalue weighted by atomic mass is 16.4. The van der Waals surface area contributed by atoms with Crippen molar-refractivity contribution in [3.8, 4) is 0 Å². The van der Waals surface area contributed by atoms with Crippen molar-refractivity contribution in [3.05, 3.63) is 35.9 Å². The Kier molecular flexibility index (Phi) is 6.44. The molecule has 1 aromatic carbocycles. The highest BCUT2D eigenvalue weighted by Crippen LogP contribution is 2.24. The minimum atomic E-state index is -0.735. The van der Waals surface area contributed by atoms with Gasteiger partial charge in [0.15, 0.2) is 0 Å². The molecule has 100 valence electrons. The van der Waals surface area contributed by atoms with Gasteiger partial charge in [-0.1, -0.05) is 44.2 Å². The molecule has 0 radical (unpaired) electrons. The fourth-order valence-corrected chi connectivity index (χ4v) is 2.30. The zero-order valence-corrected chi connectivity index (χ0v) is 11.3. The summed E-state index contributed by atoms with van der Waals surface area (Å²) in [6.07, 6.45) is 2.26. The van der Waals surface area contributed by atoms with Gasteiger partial charge in [-0.25, -0.2) is 0 Å². The number of hydrogen-bond acceptors (Lipinski definition) is 2. The molecule has 1 unspecified atom stereocenters. The van der Waals surface area contributed by atoms with Crippen molar-refractivity contribution in [2.45, 2.75) is 39.2 Å². The van der Waals surface area contributed by atoms with E-state index in [0.29, 0.717) is 0 Å². The molecule has 1 atom stereocenters. The van der Waals surface area contributed by atoms with E-state index in [-0.39, 0.29) is 12.5 Å². The van der Waals surface area contributed by atoms with Crippen molar-refractivity contribution in [3.63, 3.8) is 0 Å². The van der Waals surface area contributed by atoms with Crippen molar-refractivity contribution in [2.24, 2.45) is 0 Å². The summed E-state index contributed by atoms with van der Waals surface area (Å²) in [6, 6.07) is 9.94. The molecule has 1 rings (SSSR count). The smallest absolute Gasteiger partial charge is 0.305 e. The van der Waals surface area contributed by atoms with E-state index < -0.39 is 5.97 Å². The maximum absolute atomic E-state index is 11.1. The second kappa shape index (κ2) is 7.88. The van der Waals surface area contributed by atoms with E-state index in [1.54, 1.807) is 0 Å². The third-order valence-corrected chi connectivity index (χ3v) is 3.01. The van der Waals surface area contributed by atoms with Gasteiger partial charge >= 0.3 is 5.97 Å². The summed E-state index contributed by atoms with van der Waals surface area (Å²) in [5, 5.41) is 9.10. The quantitative estimate of drug-likeness (QED) is 0.768. The molecule has 0 aromatic heterocycles. The monoisotopic (exact) mass is 249 g/mol. The van der Waals surface area contributed by atoms with Gasteiger partial charge in [-0.15, -0.1) is 0 Å². The summed E-state index contributed by atoms with van der Waals surface area (Å²) >= 11 is 0. The molecule has 0 aliphatic heterocycles. The molecule has 3 nitrogen and oxygen atoms in total. The highest BCUT2D eigenvalue weighted by Gasteiger charge is 2.21. The van der Waals surface area contributed by atoms with E-state index in [0.717, 1.165) is 31.5 Å². The van der Waals surface area contributed by atoms with Crippen LogP contribution in [-0.4, -0.2) is 29.1 Å². The molecule has 0 fully saturated rings. The van der Waals surface area contributed by atoms with Gasteiger partial charge in [0.05, 0.1) is 6.42 Å². The number of aliphatic carboxylic acids is 1. The molecule has 0 saturated heterocycles. The van der Waals surface area contributed by atoms with Crippen molar-refractivity contribution >= 4 is 5.97 Å². The summed E-state index contributed by atoms with van der Waals surface area (Å²) in [4.78, 5) is 13.4. The van der Waals surface area contributed by atoms with Crippen LogP contribution in [0.1, 0.15) is 44.7 Å². The van der Waals surface area contributed by atoms with Crippen molar-refractivity contribution in [1.29, 1.82) is 0 Å². The van der Waals surface area contributed by atoms with Crippen LogP contribution in [0.25, 0.3) is 0 Å². The number of rotatable bonds is 8. The lowest BCUT2D eigenvalue weighted by molar-refractivity contribution is -0.138. The van der Waals surface area contributed by atoms with Gasteiger partial charge in [0, 0.05) is 6.04 Å². The number of hydrogen-bond donors (Lipinski definition) is 1. The molecule has 0 aliphatic rings. The summed E-state index contributed by atoms with van der Waals surface area (Å²) < 4.78 is 0. The molecule has 0 heterocycles. The molecule has 0 spiro atoms. The number of carboxylic acids is 1. The van der Waals surface area contributed by atoms with Crippen LogP contribution in [0.15, 0.2) is 30.3 Å². The Morgan fingerprint density at radius 2 is 1.72 bits per heavy atom. The van der Waals surface area contributed by atoms with E-state index in [1.807, 2.05) is 30.3 Å². The summed E-state index contributed by atoms with van der Waals surface area (Å²) in [5.74, 6) is -0.735. The van der Waals surface area contributed by atoms with Gasteiger partial charge in [-0.05, 0) is 31.5 Å². The maximum Gasteiger partial charge on any atom is 0.305 e. The summed E-state index contributed by atoms with van der Waals surface area (Å²) in [5.41, 5.74) is 1.10. The summed E-state index contributed by atoms with van der Waals surface area (Å²) in [7, 11) is 0. The second-order valence-electron chi connectivity index (χ2n) is 4.56. The fourth-order valence-electron chi connectivity index (χ4n) is 2.30. The van der Waals surface area contributed by atoms with Crippen LogP contribution in [0.2, 0.25) is 0 Å². The van der Waals surface area contributed by atoms with Crippen LogP contribution in [0, 0.1) is 0 Å². The molecular formula is C15H23NO2. The average molecular weight is 249 g/mol. The second-order valence-corrected chi connectivity index (χ2v) is 4.56. The van der Waals surface area contributed by atoms with Crippen molar-refractivity contribution in [1.82, 2.24) is 4.90 Å². The summed E-state index contributed by atoms with van der Waals surface area (Å²) in [6.45, 7) is 6.15. The van der Waals surface area contributed by atoms with E-state index in [4.69, 9.17) is 5.11 Å². The number of carbonyl (C=O) groups is 1. The third-order valence-electron chi connectivity index (χ3n) is 3.01. The lowest BCUT2D eigenvalue weighted by atomic mass is 10.0. The highest BCUT2D eigenvalue weighted by molar-refractivity contribution is 5.67. The van der Waals surface area contributed by atoms with E-state index in [9.17, 15) is 4.79 Å². The topological polar surface area (TPSA) is 40.5 Å². The lowest BCUT2D eigenvalue weighted by Crippen LogP contribution is -2.32. The normalized spacial score (nSPS) is 12.6. The lowest BCUT2D eigenvalue weighted by Gasteiger charge is -2.30. The predicted octanol–water partition coefficient (Wildman–Crippen LogP) is 3.32. The number of carboxylic acid groups (broad SMARTS) is 1. The minimum absolute atomic E-state index is 0.0106. The Labute approximate surface area is 109 Å². The van der Waals surface area contributed by atoms with Crippen LogP contribution in [0.4, 0.5) is 0 Å². The first-order valence-electron chi connectivity index (χ1n) is 6.69. The van der Waals surface area contributed by atoms with Crippen LogP contribution in [0.5, 0.6) is 0 Å². The SMILES string of the molecule is CCCN(CCC)C(CC(=O)O)c1ccccc1. The third kappa shape index (κ3) is 4.49. The van der Waals surface area contributed by atoms with E-state index in [2.05, 4.69) is 18.7 Å². The van der Waals surface area contributed by atoms with Crippen molar-refractivity contribution < 1.29 is 9.90 Å². The van der Waals surface area contributed by atoms with Gasteiger partial charge in [0.25, 0.3) is 0 Å². The van der Waals surface area contributed by atoms with Gasteiger partial charge in [0.1, 0.15) is 0 Å². The Balaban J connectivity index is 2.91. The molecule has 1 N–H and O–H groups in total. The van der Waals surface area contributed by atoms with Crippen molar-refractivity contribution in [2.75, 3.05) is 13.1 Å². The van der Waals surface area contributed by atoms with Crippen LogP contribution < -0.4 is 0 Å². The predicted molar refractivity (Wildman–Crippen MR) is 73.6 cm³/mol. The van der Waals surface area contributed by atoms with E-state index in [1.165, 1.54) is 0 Å². The standard InChI is InChI=1S/C15H23NO2/c1-3-10-16(11-4-2)14(12-15(17)18)13-8-6-5-7-9-13/h5-9,14H,3-4,10-12H2,1-2H3,(H,17,18). The first-order valence-corrected chi connectivity index (χ1v) is 6.69. The van der Waals surface area contributed by atoms with Crippen LogP contribution >= 0.6 is 0 Å². The molecule has 0 bridgehead atoms. The average Bonchev–Trinajstić information content (AvgIpc) is 2.37. The van der Waals surface area contributed by atoms with Gasteiger partial charge < -0.3 is 5.11 Å². The molecule has 0 aliphatic carbocycles. The van der Waals surface area contributed by atoms with Gasteiger partial charge in [-0.2, -0.15) is 0 Å². The largest absolute Gasteiger partial charge is 0.481 e. The number of benzene rings is 1. The maximum atomic E-state index is 11.1. The zero-order valence-electron chi connectivity index (χ0n) is 11.3. The molecule has 18 heavy (non-hydrogen) atoms. The Morgan fingerprint density at radius 1 is 1.17 bits per heavy atom. The Hall–Kier alpha value is -1.35. The van der Waals surface area contributed by atoms with Gasteiger partial charge in [0.2, 0.25) is 0 Å². The van der Waals surface area contributed by atoms with E-state index >= 15 is 0 Å². The molecule has 0 amide bonds. The first kappa shape index (κ1) is 14.7. The zero-order chi connectivity index (χ0) is 13.4. The number of nitrogens with zero attached hydrogens (tertiary/aromatic N) is 1. The molecule has 3 heteroatoms. The van der Waals surface area contributed by atoms with Crippen LogP contribution in [0.3, 0.4) is 0 Å². The van der Waals surface area contributed by atoms with Gasteiger partial charge in [-0.3, -0.25) is 9.69 Å². The Bertz CT molecular complexity index is 345. The Morgan fingerprint density at radius 3 is 2.17 bits per heavy atom. The van der Waals surface area contributed by atoms with Crippen LogP contribution in [-0.2, 0) is 4.79 Å². The minimum Gasteiger partial charge on any atom is -0.481 e. The fraction of sp³-hybridized carbons (Fsp3) is 0.533.